The second kappa shape index (κ2) is 15.7. The Balaban J connectivity index is 1.22. The van der Waals surface area contributed by atoms with Gasteiger partial charge in [-0.15, -0.1) is 6.58 Å². The molecule has 2 saturated carbocycles. The summed E-state index contributed by atoms with van der Waals surface area (Å²) in [6.07, 6.45) is 5.26. The quantitative estimate of drug-likeness (QED) is 0.188. The summed E-state index contributed by atoms with van der Waals surface area (Å²) in [5.74, 6) is -2.36. The minimum Gasteiger partial charge on any atom is -0.755 e. The normalized spacial score (nSPS) is 24.6. The van der Waals surface area contributed by atoms with E-state index in [0.717, 1.165) is 45.6 Å². The minimum atomic E-state index is -2.82. The highest BCUT2D eigenvalue weighted by Gasteiger charge is 2.63. The number of hydrogen-bond donors (Lipinski definition) is 1. The highest BCUT2D eigenvalue weighted by Crippen LogP contribution is 2.48. The fourth-order valence-corrected chi connectivity index (χ4v) is 9.06. The van der Waals surface area contributed by atoms with Gasteiger partial charge in [0.1, 0.15) is 23.4 Å². The molecule has 4 fully saturated rings. The van der Waals surface area contributed by atoms with Crippen molar-refractivity contribution in [3.63, 3.8) is 0 Å². The molecule has 7 rings (SSSR count). The third-order valence-corrected chi connectivity index (χ3v) is 12.6. The van der Waals surface area contributed by atoms with Crippen LogP contribution in [0.3, 0.4) is 0 Å². The van der Waals surface area contributed by atoms with Crippen molar-refractivity contribution in [2.75, 3.05) is 19.6 Å². The van der Waals surface area contributed by atoms with Crippen molar-refractivity contribution in [1.82, 2.24) is 24.4 Å². The van der Waals surface area contributed by atoms with Gasteiger partial charge in [0, 0.05) is 54.9 Å². The Kier molecular flexibility index (Phi) is 11.1. The van der Waals surface area contributed by atoms with Crippen LogP contribution in [0, 0.1) is 24.2 Å². The van der Waals surface area contributed by atoms with Crippen LogP contribution in [0.2, 0.25) is 0 Å². The standard InChI is InChI=1S/C43H53N5O7S/c1-6-29-25-43(29,41(52)48(56(53)54)30-16-17-30)45-39(50)36-22-31(26-47(36)40(51)33(42(3,4)5)23-38(49)46-19-11-8-12-20-46)55-37-24-35(28-13-9-7-10-14-28)44-34-18-15-27(2)21-32(34)37/h6-7,9-10,13-15,18,21,24,29-31,33,36H,1,8,11-12,16-17,19-20,22-23,25-26H2,2-5H3,(H,45,50)(H,53,54)/p-1/t29?,31-,33-,36+,43-/m1/s1. The van der Waals surface area contributed by atoms with Gasteiger partial charge in [0.15, 0.2) is 0 Å². The number of fused-ring (bicyclic) bond motifs is 1. The molecule has 2 aromatic carbocycles. The summed E-state index contributed by atoms with van der Waals surface area (Å²) in [4.78, 5) is 65.3. The van der Waals surface area contributed by atoms with E-state index in [-0.39, 0.29) is 37.6 Å². The van der Waals surface area contributed by atoms with E-state index in [1.165, 1.54) is 4.90 Å². The molecule has 4 amide bonds. The molecule has 2 aliphatic carbocycles. The van der Waals surface area contributed by atoms with Crippen LogP contribution < -0.4 is 10.1 Å². The molecule has 1 N–H and O–H groups in total. The molecule has 298 valence electrons. The average molecular weight is 783 g/mol. The topological polar surface area (TPSA) is 152 Å². The number of rotatable bonds is 12. The third kappa shape index (κ3) is 8.11. The first-order valence-corrected chi connectivity index (χ1v) is 20.8. The second-order valence-corrected chi connectivity index (χ2v) is 17.9. The van der Waals surface area contributed by atoms with E-state index in [2.05, 4.69) is 11.9 Å². The van der Waals surface area contributed by atoms with Crippen molar-refractivity contribution in [2.24, 2.45) is 17.3 Å². The zero-order valence-corrected chi connectivity index (χ0v) is 33.5. The number of nitrogens with zero attached hydrogens (tertiary/aromatic N) is 4. The molecule has 3 aromatic rings. The van der Waals surface area contributed by atoms with Crippen molar-refractivity contribution in [3.8, 4) is 17.0 Å². The van der Waals surface area contributed by atoms with E-state index >= 15 is 0 Å². The molecule has 2 saturated heterocycles. The first kappa shape index (κ1) is 39.6. The molecule has 0 bridgehead atoms. The van der Waals surface area contributed by atoms with Gasteiger partial charge >= 0.3 is 0 Å². The van der Waals surface area contributed by atoms with Crippen molar-refractivity contribution in [2.45, 2.75) is 103 Å². The van der Waals surface area contributed by atoms with Crippen LogP contribution in [0.1, 0.15) is 77.7 Å². The maximum atomic E-state index is 14.9. The maximum Gasteiger partial charge on any atom is 0.260 e. The predicted molar refractivity (Wildman–Crippen MR) is 212 cm³/mol. The van der Waals surface area contributed by atoms with Crippen LogP contribution in [-0.2, 0) is 30.4 Å². The minimum absolute atomic E-state index is 0.0000249. The second-order valence-electron chi connectivity index (χ2n) is 17.0. The first-order chi connectivity index (χ1) is 26.7. The van der Waals surface area contributed by atoms with Gasteiger partial charge < -0.3 is 24.4 Å². The molecule has 13 heteroatoms. The third-order valence-electron chi connectivity index (χ3n) is 11.8. The predicted octanol–water partition coefficient (Wildman–Crippen LogP) is 5.47. The summed E-state index contributed by atoms with van der Waals surface area (Å²) in [7, 11) is 0. The largest absolute Gasteiger partial charge is 0.755 e. The molecule has 1 aromatic heterocycles. The van der Waals surface area contributed by atoms with Crippen LogP contribution >= 0.6 is 0 Å². The summed E-state index contributed by atoms with van der Waals surface area (Å²) in [6.45, 7) is 13.0. The Morgan fingerprint density at radius 3 is 2.43 bits per heavy atom. The van der Waals surface area contributed by atoms with Gasteiger partial charge in [-0.1, -0.05) is 68.8 Å². The molecule has 3 heterocycles. The Hall–Kier alpha value is -4.62. The number of likely N-dealkylation sites (tertiary alicyclic amines) is 2. The van der Waals surface area contributed by atoms with Crippen LogP contribution in [0.4, 0.5) is 0 Å². The van der Waals surface area contributed by atoms with Gasteiger partial charge in [0.2, 0.25) is 17.7 Å². The molecule has 0 radical (unpaired) electrons. The van der Waals surface area contributed by atoms with Crippen LogP contribution in [0.5, 0.6) is 5.75 Å². The van der Waals surface area contributed by atoms with E-state index in [9.17, 15) is 27.9 Å². The molecule has 12 nitrogen and oxygen atoms in total. The molecule has 0 spiro atoms. The number of pyridine rings is 1. The molecule has 4 aliphatic rings. The zero-order valence-electron chi connectivity index (χ0n) is 32.7. The van der Waals surface area contributed by atoms with Crippen molar-refractivity contribution in [1.29, 1.82) is 0 Å². The Bertz CT molecular complexity index is 2040. The molecule has 6 atom stereocenters. The summed E-state index contributed by atoms with van der Waals surface area (Å²) in [6, 6.07) is 16.1. The molecular formula is C43H52N5O7S-. The SMILES string of the molecule is C=CC1C[C@]1(NC(=O)[C@@H]1C[C@@H](Oc2cc(-c3ccccc3)nc3ccc(C)cc23)CN1C(=O)[C@@H](CC(=O)N1CCCCC1)C(C)(C)C)C(=O)N(C1CC1)S(=O)[O-]. The summed E-state index contributed by atoms with van der Waals surface area (Å²) >= 11 is -2.82. The molecule has 56 heavy (non-hydrogen) atoms. The van der Waals surface area contributed by atoms with Crippen molar-refractivity contribution in [3.05, 3.63) is 72.8 Å². The lowest BCUT2D eigenvalue weighted by Gasteiger charge is -2.37. The number of carbonyl (C=O) groups is 4. The van der Waals surface area contributed by atoms with E-state index in [1.54, 1.807) is 6.08 Å². The summed E-state index contributed by atoms with van der Waals surface area (Å²) in [5, 5.41) is 3.72. The number of benzene rings is 2. The average Bonchev–Trinajstić information content (AvgIpc) is 4.10. The Morgan fingerprint density at radius 1 is 1.09 bits per heavy atom. The van der Waals surface area contributed by atoms with Crippen molar-refractivity contribution >= 4 is 45.8 Å². The highest BCUT2D eigenvalue weighted by molar-refractivity contribution is 7.77. The van der Waals surface area contributed by atoms with E-state index < -0.39 is 64.1 Å². The summed E-state index contributed by atoms with van der Waals surface area (Å²) < 4.78 is 32.1. The first-order valence-electron chi connectivity index (χ1n) is 19.8. The van der Waals surface area contributed by atoms with Crippen molar-refractivity contribution < 1.29 is 32.7 Å². The van der Waals surface area contributed by atoms with E-state index in [0.29, 0.717) is 37.4 Å². The van der Waals surface area contributed by atoms with Gasteiger partial charge in [0.05, 0.1) is 34.9 Å². The molecule has 2 aliphatic heterocycles. The Morgan fingerprint density at radius 2 is 1.80 bits per heavy atom. The van der Waals surface area contributed by atoms with Gasteiger partial charge in [-0.2, -0.15) is 0 Å². The number of ether oxygens (including phenoxy) is 1. The smallest absolute Gasteiger partial charge is 0.260 e. The van der Waals surface area contributed by atoms with Crippen LogP contribution in [0.15, 0.2) is 67.3 Å². The number of aromatic nitrogens is 1. The lowest BCUT2D eigenvalue weighted by molar-refractivity contribution is -0.149. The van der Waals surface area contributed by atoms with Gasteiger partial charge in [0.25, 0.3) is 5.91 Å². The number of amides is 4. The van der Waals surface area contributed by atoms with E-state index in [1.807, 2.05) is 87.2 Å². The zero-order chi connectivity index (χ0) is 39.9. The monoisotopic (exact) mass is 782 g/mol. The lowest BCUT2D eigenvalue weighted by atomic mass is 9.77. The number of nitrogens with one attached hydrogen (secondary N) is 1. The number of piperidine rings is 1. The van der Waals surface area contributed by atoms with Gasteiger partial charge in [-0.25, -0.2) is 4.98 Å². The van der Waals surface area contributed by atoms with Gasteiger partial charge in [-0.3, -0.25) is 27.7 Å². The molecule has 2 unspecified atom stereocenters. The summed E-state index contributed by atoms with van der Waals surface area (Å²) in [5.41, 5.74) is 1.24. The fourth-order valence-electron chi connectivity index (χ4n) is 8.31. The Labute approximate surface area is 331 Å². The number of hydrogen-bond acceptors (Lipinski definition) is 8. The molecular weight excluding hydrogens is 731 g/mol. The number of aryl methyl sites for hydroxylation is 1. The number of carbonyl (C=O) groups excluding carboxylic acids is 4. The van der Waals surface area contributed by atoms with Crippen LogP contribution in [-0.4, -0.2) is 94.8 Å². The highest BCUT2D eigenvalue weighted by atomic mass is 32.2. The van der Waals surface area contributed by atoms with E-state index in [4.69, 9.17) is 9.72 Å². The van der Waals surface area contributed by atoms with Gasteiger partial charge in [-0.05, 0) is 63.0 Å². The van der Waals surface area contributed by atoms with Crippen LogP contribution in [0.25, 0.3) is 22.2 Å². The lowest BCUT2D eigenvalue weighted by Crippen LogP contribution is -2.57. The fraction of sp³-hybridized carbons (Fsp3) is 0.512. The maximum absolute atomic E-state index is 14.9.